The van der Waals surface area contributed by atoms with E-state index < -0.39 is 6.43 Å². The highest BCUT2D eigenvalue weighted by Gasteiger charge is 2.10. The first-order chi connectivity index (χ1) is 6.58. The molecule has 0 aliphatic carbocycles. The molecule has 1 aromatic rings. The van der Waals surface area contributed by atoms with Crippen LogP contribution >= 0.6 is 0 Å². The Labute approximate surface area is 80.6 Å². The van der Waals surface area contributed by atoms with Crippen molar-refractivity contribution < 1.29 is 8.78 Å². The summed E-state index contributed by atoms with van der Waals surface area (Å²) >= 11 is 0. The Kier molecular flexibility index (Phi) is 3.55. The molecular formula is C8H12F2N4. The molecule has 1 unspecified atom stereocenters. The van der Waals surface area contributed by atoms with Crippen molar-refractivity contribution in [3.63, 3.8) is 0 Å². The summed E-state index contributed by atoms with van der Waals surface area (Å²) in [6.07, 6.45) is -1.07. The fraction of sp³-hybridized carbons (Fsp3) is 0.500. The molecule has 4 nitrogen and oxygen atoms in total. The fourth-order valence-corrected chi connectivity index (χ4v) is 1.03. The first-order valence-corrected chi connectivity index (χ1v) is 4.21. The van der Waals surface area contributed by atoms with E-state index in [2.05, 4.69) is 15.3 Å². The molecule has 0 radical (unpaired) electrons. The Balaban J connectivity index is 2.51. The minimum absolute atomic E-state index is 0.124. The molecule has 3 N–H and O–H groups in total. The predicted molar refractivity (Wildman–Crippen MR) is 50.2 cm³/mol. The SMILES string of the molecule is CC(CC(F)F)Nc1ccnc(N)n1. The van der Waals surface area contributed by atoms with Crippen molar-refractivity contribution >= 4 is 11.8 Å². The van der Waals surface area contributed by atoms with Crippen LogP contribution in [0.25, 0.3) is 0 Å². The van der Waals surface area contributed by atoms with Crippen molar-refractivity contribution in [2.75, 3.05) is 11.1 Å². The molecule has 14 heavy (non-hydrogen) atoms. The Morgan fingerprint density at radius 2 is 2.29 bits per heavy atom. The van der Waals surface area contributed by atoms with E-state index in [9.17, 15) is 8.78 Å². The van der Waals surface area contributed by atoms with Crippen LogP contribution in [0.1, 0.15) is 13.3 Å². The molecule has 1 aromatic heterocycles. The van der Waals surface area contributed by atoms with Crippen molar-refractivity contribution in [2.24, 2.45) is 0 Å². The highest BCUT2D eigenvalue weighted by molar-refractivity contribution is 5.38. The number of anilines is 2. The molecule has 78 valence electrons. The van der Waals surface area contributed by atoms with Crippen molar-refractivity contribution in [3.8, 4) is 0 Å². The van der Waals surface area contributed by atoms with Crippen molar-refractivity contribution in [1.29, 1.82) is 0 Å². The predicted octanol–water partition coefficient (Wildman–Crippen LogP) is 1.51. The molecule has 0 bridgehead atoms. The van der Waals surface area contributed by atoms with E-state index in [1.165, 1.54) is 6.20 Å². The van der Waals surface area contributed by atoms with Crippen molar-refractivity contribution in [1.82, 2.24) is 9.97 Å². The number of aromatic nitrogens is 2. The van der Waals surface area contributed by atoms with E-state index in [-0.39, 0.29) is 18.4 Å². The second-order valence-electron chi connectivity index (χ2n) is 2.97. The van der Waals surface area contributed by atoms with E-state index in [0.29, 0.717) is 5.82 Å². The third kappa shape index (κ3) is 3.51. The van der Waals surface area contributed by atoms with Crippen LogP contribution in [-0.4, -0.2) is 22.4 Å². The van der Waals surface area contributed by atoms with Crippen LogP contribution in [0.15, 0.2) is 12.3 Å². The van der Waals surface area contributed by atoms with E-state index in [4.69, 9.17) is 5.73 Å². The maximum absolute atomic E-state index is 12.0. The Hall–Kier alpha value is -1.46. The molecule has 0 aliphatic rings. The van der Waals surface area contributed by atoms with Crippen LogP contribution in [0.3, 0.4) is 0 Å². The summed E-state index contributed by atoms with van der Waals surface area (Å²) in [6, 6.07) is 1.24. The standard InChI is InChI=1S/C8H12F2N4/c1-5(4-6(9)10)13-7-2-3-12-8(11)14-7/h2-3,5-6H,4H2,1H3,(H3,11,12,13,14). The lowest BCUT2D eigenvalue weighted by Gasteiger charge is -2.13. The van der Waals surface area contributed by atoms with Crippen LogP contribution in [0.2, 0.25) is 0 Å². The van der Waals surface area contributed by atoms with Gasteiger partial charge < -0.3 is 11.1 Å². The summed E-state index contributed by atoms with van der Waals surface area (Å²) < 4.78 is 23.9. The lowest BCUT2D eigenvalue weighted by atomic mass is 10.2. The fourth-order valence-electron chi connectivity index (χ4n) is 1.03. The molecule has 0 saturated heterocycles. The van der Waals surface area contributed by atoms with Crippen molar-refractivity contribution in [3.05, 3.63) is 12.3 Å². The Morgan fingerprint density at radius 1 is 1.57 bits per heavy atom. The highest BCUT2D eigenvalue weighted by atomic mass is 19.3. The zero-order chi connectivity index (χ0) is 10.6. The monoisotopic (exact) mass is 202 g/mol. The van der Waals surface area contributed by atoms with Gasteiger partial charge in [-0.2, -0.15) is 4.98 Å². The van der Waals surface area contributed by atoms with E-state index >= 15 is 0 Å². The average molecular weight is 202 g/mol. The summed E-state index contributed by atoms with van der Waals surface area (Å²) in [4.78, 5) is 7.52. The number of nitrogen functional groups attached to an aromatic ring is 1. The van der Waals surface area contributed by atoms with E-state index in [1.807, 2.05) is 0 Å². The minimum atomic E-state index is -2.32. The van der Waals surface area contributed by atoms with Gasteiger partial charge in [-0.1, -0.05) is 0 Å². The number of alkyl halides is 2. The number of rotatable bonds is 4. The van der Waals surface area contributed by atoms with Crippen LogP contribution in [0, 0.1) is 0 Å². The zero-order valence-corrected chi connectivity index (χ0v) is 7.74. The largest absolute Gasteiger partial charge is 0.368 e. The molecule has 0 fully saturated rings. The normalized spacial score (nSPS) is 12.9. The first kappa shape index (κ1) is 10.6. The van der Waals surface area contributed by atoms with Gasteiger partial charge in [0.25, 0.3) is 0 Å². The number of nitrogens with zero attached hydrogens (tertiary/aromatic N) is 2. The quantitative estimate of drug-likeness (QED) is 0.776. The lowest BCUT2D eigenvalue weighted by molar-refractivity contribution is 0.133. The summed E-state index contributed by atoms with van der Waals surface area (Å²) in [7, 11) is 0. The number of hydrogen-bond donors (Lipinski definition) is 2. The van der Waals surface area contributed by atoms with Gasteiger partial charge in [0, 0.05) is 18.7 Å². The van der Waals surface area contributed by atoms with Gasteiger partial charge in [-0.25, -0.2) is 13.8 Å². The summed E-state index contributed by atoms with van der Waals surface area (Å²) in [5.74, 6) is 0.588. The van der Waals surface area contributed by atoms with E-state index in [1.54, 1.807) is 13.0 Å². The Bertz CT molecular complexity index is 292. The van der Waals surface area contributed by atoms with Gasteiger partial charge in [0.1, 0.15) is 5.82 Å². The molecule has 1 atom stereocenters. The molecule has 1 rings (SSSR count). The zero-order valence-electron chi connectivity index (χ0n) is 7.74. The number of nitrogens with two attached hydrogens (primary N) is 1. The van der Waals surface area contributed by atoms with Crippen LogP contribution in [0.5, 0.6) is 0 Å². The molecule has 0 amide bonds. The molecule has 0 aliphatic heterocycles. The summed E-state index contributed by atoms with van der Waals surface area (Å²) in [5, 5.41) is 2.80. The number of hydrogen-bond acceptors (Lipinski definition) is 4. The van der Waals surface area contributed by atoms with Gasteiger partial charge in [-0.05, 0) is 13.0 Å². The molecule has 0 aromatic carbocycles. The molecule has 1 heterocycles. The van der Waals surface area contributed by atoms with E-state index in [0.717, 1.165) is 0 Å². The van der Waals surface area contributed by atoms with Gasteiger partial charge >= 0.3 is 0 Å². The molecular weight excluding hydrogens is 190 g/mol. The second-order valence-corrected chi connectivity index (χ2v) is 2.97. The smallest absolute Gasteiger partial charge is 0.240 e. The molecule has 0 spiro atoms. The van der Waals surface area contributed by atoms with Crippen LogP contribution in [0.4, 0.5) is 20.5 Å². The Morgan fingerprint density at radius 3 is 2.86 bits per heavy atom. The number of halogens is 2. The maximum atomic E-state index is 12.0. The van der Waals surface area contributed by atoms with Crippen molar-refractivity contribution in [2.45, 2.75) is 25.8 Å². The molecule has 6 heteroatoms. The minimum Gasteiger partial charge on any atom is -0.368 e. The average Bonchev–Trinajstić information content (AvgIpc) is 2.01. The van der Waals surface area contributed by atoms with Crippen LogP contribution < -0.4 is 11.1 Å². The van der Waals surface area contributed by atoms with Crippen LogP contribution in [-0.2, 0) is 0 Å². The summed E-state index contributed by atoms with van der Waals surface area (Å²) in [6.45, 7) is 1.66. The van der Waals surface area contributed by atoms with Gasteiger partial charge in [-0.3, -0.25) is 0 Å². The van der Waals surface area contributed by atoms with Gasteiger partial charge in [-0.15, -0.1) is 0 Å². The summed E-state index contributed by atoms with van der Waals surface area (Å²) in [5.41, 5.74) is 5.33. The van der Waals surface area contributed by atoms with Gasteiger partial charge in [0.2, 0.25) is 12.4 Å². The topological polar surface area (TPSA) is 63.8 Å². The third-order valence-corrected chi connectivity index (χ3v) is 1.60. The molecule has 0 saturated carbocycles. The second kappa shape index (κ2) is 4.69. The highest BCUT2D eigenvalue weighted by Crippen LogP contribution is 2.10. The van der Waals surface area contributed by atoms with Gasteiger partial charge in [0.05, 0.1) is 0 Å². The third-order valence-electron chi connectivity index (χ3n) is 1.60. The number of nitrogens with one attached hydrogen (secondary N) is 1. The maximum Gasteiger partial charge on any atom is 0.240 e. The lowest BCUT2D eigenvalue weighted by Crippen LogP contribution is -2.19. The first-order valence-electron chi connectivity index (χ1n) is 4.21. The van der Waals surface area contributed by atoms with Gasteiger partial charge in [0.15, 0.2) is 0 Å².